The molecule has 5 rings (SSSR count). The molecule has 0 spiro atoms. The van der Waals surface area contributed by atoms with E-state index in [1.807, 2.05) is 18.7 Å². The first kappa shape index (κ1) is 26.3. The zero-order valence-corrected chi connectivity index (χ0v) is 22.3. The van der Waals surface area contributed by atoms with Crippen LogP contribution in [0, 0.1) is 0 Å². The van der Waals surface area contributed by atoms with Crippen LogP contribution in [0.4, 0.5) is 0 Å². The van der Waals surface area contributed by atoms with Crippen molar-refractivity contribution in [1.82, 2.24) is 38.3 Å². The molecule has 2 N–H and O–H groups in total. The molecular weight excluding hydrogens is 512 g/mol. The maximum atomic E-state index is 13.6. The molecule has 38 heavy (non-hydrogen) atoms. The van der Waals surface area contributed by atoms with Gasteiger partial charge in [0.1, 0.15) is 23.4 Å². The van der Waals surface area contributed by atoms with Gasteiger partial charge < -0.3 is 14.8 Å². The molecule has 0 saturated carbocycles. The van der Waals surface area contributed by atoms with Crippen LogP contribution in [-0.2, 0) is 16.6 Å². The van der Waals surface area contributed by atoms with Gasteiger partial charge in [-0.2, -0.15) is 4.31 Å². The summed E-state index contributed by atoms with van der Waals surface area (Å²) < 4.78 is 37.5. The van der Waals surface area contributed by atoms with E-state index in [9.17, 15) is 18.3 Å². The second-order valence-electron chi connectivity index (χ2n) is 9.22. The Morgan fingerprint density at radius 1 is 1.08 bits per heavy atom. The number of sulfonamides is 1. The molecule has 3 aromatic heterocycles. The molecule has 0 bridgehead atoms. The largest absolute Gasteiger partial charge is 0.493 e. The maximum Gasteiger partial charge on any atom is 0.336 e. The Morgan fingerprint density at radius 3 is 2.58 bits per heavy atom. The molecule has 0 atom stereocenters. The summed E-state index contributed by atoms with van der Waals surface area (Å²) in [5.41, 5.74) is 1.47. The van der Waals surface area contributed by atoms with Crippen LogP contribution >= 0.6 is 0 Å². The summed E-state index contributed by atoms with van der Waals surface area (Å²) in [7, 11) is -3.78. The third-order valence-corrected chi connectivity index (χ3v) is 8.54. The number of rotatable bonds is 10. The van der Waals surface area contributed by atoms with E-state index in [2.05, 4.69) is 15.2 Å². The average Bonchev–Trinajstić information content (AvgIpc) is 3.58. The fraction of sp³-hybridized carbons (Fsp3) is 0.500. The average molecular weight is 545 g/mol. The number of aliphatic hydroxyl groups is 1. The number of imidazole rings is 1. The van der Waals surface area contributed by atoms with Crippen molar-refractivity contribution in [2.24, 2.45) is 0 Å². The van der Waals surface area contributed by atoms with Crippen LogP contribution in [0.5, 0.6) is 5.75 Å². The summed E-state index contributed by atoms with van der Waals surface area (Å²) in [5, 5.41) is 17.2. The van der Waals surface area contributed by atoms with Crippen LogP contribution < -0.4 is 10.4 Å². The molecule has 14 heteroatoms. The molecule has 0 aliphatic carbocycles. The lowest BCUT2D eigenvalue weighted by Gasteiger charge is -2.33. The number of benzene rings is 1. The molecule has 0 amide bonds. The van der Waals surface area contributed by atoms with Crippen molar-refractivity contribution in [2.45, 2.75) is 38.1 Å². The monoisotopic (exact) mass is 544 g/mol. The van der Waals surface area contributed by atoms with Gasteiger partial charge in [-0.3, -0.25) is 9.47 Å². The van der Waals surface area contributed by atoms with Gasteiger partial charge in [-0.1, -0.05) is 13.8 Å². The minimum Gasteiger partial charge on any atom is -0.493 e. The highest BCUT2D eigenvalue weighted by Gasteiger charge is 2.30. The minimum absolute atomic E-state index is 0.0417. The van der Waals surface area contributed by atoms with Crippen molar-refractivity contribution in [3.05, 3.63) is 35.0 Å². The number of aliphatic hydroxyl groups excluding tert-OH is 1. The number of fused-ring (bicyclic) bond motifs is 3. The van der Waals surface area contributed by atoms with Gasteiger partial charge in [0.15, 0.2) is 11.3 Å². The molecule has 1 aliphatic heterocycles. The van der Waals surface area contributed by atoms with Crippen LogP contribution in [0.3, 0.4) is 0 Å². The summed E-state index contributed by atoms with van der Waals surface area (Å²) in [6.07, 6.45) is 2.86. The standard InChI is InChI=1S/C24H32N8O5S/c1-3-7-31-22-20(23-28-25-16-32(23)24(31)34)26-21(27-22)18-15-17(5-6-19(18)37-14-4-2)38(35,36)30-10-8-29(9-11-30)12-13-33/h5-6,15-16,33H,3-4,7-14H2,1-2H3,(H,26,27). The van der Waals surface area contributed by atoms with Gasteiger partial charge in [-0.05, 0) is 31.0 Å². The number of β-amino-alcohol motifs (C(OH)–C–C–N with tert-alkyl or cyclic N) is 1. The molecule has 13 nitrogen and oxygen atoms in total. The minimum atomic E-state index is -3.78. The molecule has 1 aromatic carbocycles. The van der Waals surface area contributed by atoms with Crippen molar-refractivity contribution in [3.8, 4) is 17.1 Å². The Hall–Kier alpha value is -3.33. The van der Waals surface area contributed by atoms with Crippen LogP contribution in [0.2, 0.25) is 0 Å². The quantitative estimate of drug-likeness (QED) is 0.297. The van der Waals surface area contributed by atoms with Crippen LogP contribution in [-0.4, -0.2) is 97.8 Å². The van der Waals surface area contributed by atoms with Crippen molar-refractivity contribution >= 4 is 26.8 Å². The van der Waals surface area contributed by atoms with Gasteiger partial charge in [0.2, 0.25) is 10.0 Å². The lowest BCUT2D eigenvalue weighted by atomic mass is 10.2. The fourth-order valence-electron chi connectivity index (χ4n) is 4.71. The van der Waals surface area contributed by atoms with Gasteiger partial charge in [0.05, 0.1) is 23.7 Å². The molecular formula is C24H32N8O5S. The maximum absolute atomic E-state index is 13.6. The van der Waals surface area contributed by atoms with E-state index in [1.165, 1.54) is 15.0 Å². The Balaban J connectivity index is 1.61. The van der Waals surface area contributed by atoms with E-state index in [1.54, 1.807) is 22.8 Å². The summed E-state index contributed by atoms with van der Waals surface area (Å²) in [4.78, 5) is 23.2. The third kappa shape index (κ3) is 4.68. The van der Waals surface area contributed by atoms with E-state index >= 15 is 0 Å². The van der Waals surface area contributed by atoms with Crippen molar-refractivity contribution in [2.75, 3.05) is 45.9 Å². The Labute approximate surface area is 219 Å². The van der Waals surface area contributed by atoms with E-state index in [4.69, 9.17) is 9.72 Å². The van der Waals surface area contributed by atoms with Crippen LogP contribution in [0.1, 0.15) is 26.7 Å². The first-order valence-corrected chi connectivity index (χ1v) is 14.3. The normalized spacial score (nSPS) is 15.6. The van der Waals surface area contributed by atoms with E-state index in [0.717, 1.165) is 12.8 Å². The number of aromatic amines is 1. The molecule has 1 saturated heterocycles. The zero-order chi connectivity index (χ0) is 26.9. The number of nitrogens with one attached hydrogen (secondary N) is 1. The van der Waals surface area contributed by atoms with Crippen LogP contribution in [0.25, 0.3) is 28.2 Å². The number of ether oxygens (including phenoxy) is 1. The summed E-state index contributed by atoms with van der Waals surface area (Å²) in [6, 6.07) is 4.77. The first-order valence-electron chi connectivity index (χ1n) is 12.8. The van der Waals surface area contributed by atoms with E-state index < -0.39 is 10.0 Å². The summed E-state index contributed by atoms with van der Waals surface area (Å²) in [5.74, 6) is 0.857. The third-order valence-electron chi connectivity index (χ3n) is 6.65. The molecule has 4 aromatic rings. The van der Waals surface area contributed by atoms with Crippen LogP contribution in [0.15, 0.2) is 34.2 Å². The van der Waals surface area contributed by atoms with Gasteiger partial charge in [0, 0.05) is 39.3 Å². The highest BCUT2D eigenvalue weighted by molar-refractivity contribution is 7.89. The van der Waals surface area contributed by atoms with Gasteiger partial charge >= 0.3 is 5.69 Å². The molecule has 204 valence electrons. The zero-order valence-electron chi connectivity index (χ0n) is 21.5. The number of H-pyrrole nitrogens is 1. The summed E-state index contributed by atoms with van der Waals surface area (Å²) >= 11 is 0. The smallest absolute Gasteiger partial charge is 0.336 e. The van der Waals surface area contributed by atoms with Crippen molar-refractivity contribution in [3.63, 3.8) is 0 Å². The van der Waals surface area contributed by atoms with Gasteiger partial charge in [-0.25, -0.2) is 22.6 Å². The predicted molar refractivity (Wildman–Crippen MR) is 141 cm³/mol. The number of piperazine rings is 1. The SMILES string of the molecule is CCCOc1ccc(S(=O)(=O)N2CCN(CCO)CC2)cc1-c1nc2c([nH]1)c1nncn1c(=O)n2CCC. The number of hydrogen-bond acceptors (Lipinski definition) is 9. The molecule has 4 heterocycles. The Kier molecular flexibility index (Phi) is 7.47. The highest BCUT2D eigenvalue weighted by Crippen LogP contribution is 2.33. The van der Waals surface area contributed by atoms with Crippen molar-refractivity contribution in [1.29, 1.82) is 0 Å². The predicted octanol–water partition coefficient (Wildman–Crippen LogP) is 0.932. The van der Waals surface area contributed by atoms with Crippen molar-refractivity contribution < 1.29 is 18.3 Å². The lowest BCUT2D eigenvalue weighted by Crippen LogP contribution is -2.49. The number of hydrogen-bond donors (Lipinski definition) is 2. The highest BCUT2D eigenvalue weighted by atomic mass is 32.2. The summed E-state index contributed by atoms with van der Waals surface area (Å²) in [6.45, 7) is 7.20. The number of aryl methyl sites for hydroxylation is 1. The van der Waals surface area contributed by atoms with Gasteiger partial charge in [-0.15, -0.1) is 10.2 Å². The fourth-order valence-corrected chi connectivity index (χ4v) is 6.16. The molecule has 1 aliphatic rings. The first-order chi connectivity index (χ1) is 18.4. The number of aromatic nitrogens is 6. The molecule has 0 unspecified atom stereocenters. The second kappa shape index (κ2) is 10.8. The number of nitrogens with zero attached hydrogens (tertiary/aromatic N) is 7. The van der Waals surface area contributed by atoms with Gasteiger partial charge in [0.25, 0.3) is 0 Å². The lowest BCUT2D eigenvalue weighted by molar-refractivity contribution is 0.151. The molecule has 1 fully saturated rings. The second-order valence-corrected chi connectivity index (χ2v) is 11.2. The Morgan fingerprint density at radius 2 is 1.87 bits per heavy atom. The topological polar surface area (TPSA) is 151 Å². The molecule has 0 radical (unpaired) electrons. The van der Waals surface area contributed by atoms with E-state index in [-0.39, 0.29) is 17.2 Å². The van der Waals surface area contributed by atoms with E-state index in [0.29, 0.717) is 79.8 Å². The Bertz CT molecular complexity index is 1600.